The Morgan fingerprint density at radius 3 is 2.23 bits per heavy atom. The predicted molar refractivity (Wildman–Crippen MR) is 92.9 cm³/mol. The Kier molecular flexibility index (Phi) is 5.44. The van der Waals surface area contributed by atoms with Crippen molar-refractivity contribution < 1.29 is 4.42 Å². The normalized spacial score (nSPS) is 11.9. The number of aromatic nitrogens is 1. The second-order valence-electron chi connectivity index (χ2n) is 6.10. The van der Waals surface area contributed by atoms with Gasteiger partial charge in [0, 0.05) is 17.4 Å². The van der Waals surface area contributed by atoms with Gasteiger partial charge in [-0.25, -0.2) is 4.98 Å². The Hall–Kier alpha value is -1.57. The lowest BCUT2D eigenvalue weighted by atomic mass is 9.74. The molecule has 1 heterocycles. The highest BCUT2D eigenvalue weighted by atomic mass is 16.4. The van der Waals surface area contributed by atoms with Gasteiger partial charge in [-0.05, 0) is 38.3 Å². The van der Waals surface area contributed by atoms with Crippen molar-refractivity contribution in [1.29, 1.82) is 0 Å². The van der Waals surface area contributed by atoms with E-state index in [-0.39, 0.29) is 5.41 Å². The fraction of sp³-hybridized carbons (Fsp3) is 0.500. The van der Waals surface area contributed by atoms with E-state index in [9.17, 15) is 0 Å². The average Bonchev–Trinajstić information content (AvgIpc) is 2.98. The van der Waals surface area contributed by atoms with Gasteiger partial charge in [0.2, 0.25) is 5.89 Å². The first-order valence-electron chi connectivity index (χ1n) is 8.46. The first-order chi connectivity index (χ1) is 10.6. The molecule has 0 amide bonds. The topological polar surface area (TPSA) is 26.0 Å². The van der Waals surface area contributed by atoms with Crippen LogP contribution < -0.4 is 0 Å². The van der Waals surface area contributed by atoms with Crippen LogP contribution in [-0.2, 0) is 11.8 Å². The molecule has 0 saturated carbocycles. The van der Waals surface area contributed by atoms with Gasteiger partial charge in [0.05, 0.1) is 5.69 Å². The van der Waals surface area contributed by atoms with Crippen molar-refractivity contribution in [2.45, 2.75) is 65.2 Å². The molecule has 0 unspecified atom stereocenters. The molecule has 0 aliphatic carbocycles. The van der Waals surface area contributed by atoms with Crippen LogP contribution in [0, 0.1) is 13.8 Å². The Labute approximate surface area is 135 Å². The quantitative estimate of drug-likeness (QED) is 0.637. The molecule has 0 aliphatic heterocycles. The summed E-state index contributed by atoms with van der Waals surface area (Å²) in [6.07, 6.45) is 5.02. The SMILES string of the molecule is [CH2]CCC(CC)(CC)c1nc(-c2ccc(C)cc2)oc1CC. The highest BCUT2D eigenvalue weighted by Crippen LogP contribution is 2.39. The third kappa shape index (κ3) is 3.11. The summed E-state index contributed by atoms with van der Waals surface area (Å²) in [7, 11) is 0. The molecule has 0 aliphatic rings. The van der Waals surface area contributed by atoms with Crippen molar-refractivity contribution in [1.82, 2.24) is 4.98 Å². The molecule has 2 heteroatoms. The molecule has 0 atom stereocenters. The van der Waals surface area contributed by atoms with E-state index in [1.165, 1.54) is 5.56 Å². The van der Waals surface area contributed by atoms with Crippen LogP contribution in [0.3, 0.4) is 0 Å². The second kappa shape index (κ2) is 7.13. The molecular weight excluding hydrogens is 270 g/mol. The molecule has 2 rings (SSSR count). The molecule has 2 nitrogen and oxygen atoms in total. The predicted octanol–water partition coefficient (Wildman–Crippen LogP) is 5.88. The Morgan fingerprint density at radius 2 is 1.73 bits per heavy atom. The van der Waals surface area contributed by atoms with Crippen molar-refractivity contribution in [3.63, 3.8) is 0 Å². The zero-order valence-electron chi connectivity index (χ0n) is 14.4. The number of hydrogen-bond acceptors (Lipinski definition) is 2. The van der Waals surface area contributed by atoms with Crippen molar-refractivity contribution in [3.05, 3.63) is 48.2 Å². The van der Waals surface area contributed by atoms with Gasteiger partial charge in [0.25, 0.3) is 0 Å². The lowest BCUT2D eigenvalue weighted by Crippen LogP contribution is -2.26. The molecular formula is C20H28NO. The van der Waals surface area contributed by atoms with E-state index >= 15 is 0 Å². The van der Waals surface area contributed by atoms with E-state index in [0.29, 0.717) is 0 Å². The van der Waals surface area contributed by atoms with Gasteiger partial charge in [0.1, 0.15) is 5.76 Å². The van der Waals surface area contributed by atoms with Gasteiger partial charge in [-0.15, -0.1) is 0 Å². The maximum atomic E-state index is 6.11. The monoisotopic (exact) mass is 298 g/mol. The first-order valence-corrected chi connectivity index (χ1v) is 8.46. The van der Waals surface area contributed by atoms with Crippen LogP contribution in [0.1, 0.15) is 63.5 Å². The van der Waals surface area contributed by atoms with Gasteiger partial charge in [-0.2, -0.15) is 0 Å². The molecule has 2 aromatic rings. The number of benzene rings is 1. The van der Waals surface area contributed by atoms with Crippen LogP contribution in [0.15, 0.2) is 28.7 Å². The molecule has 0 bridgehead atoms. The average molecular weight is 298 g/mol. The Balaban J connectivity index is 2.50. The van der Waals surface area contributed by atoms with Gasteiger partial charge in [-0.3, -0.25) is 0 Å². The lowest BCUT2D eigenvalue weighted by Gasteiger charge is -2.30. The number of oxazole rings is 1. The first kappa shape index (κ1) is 16.8. The summed E-state index contributed by atoms with van der Waals surface area (Å²) in [4.78, 5) is 4.92. The maximum absolute atomic E-state index is 6.11. The fourth-order valence-corrected chi connectivity index (χ4v) is 3.22. The van der Waals surface area contributed by atoms with Crippen molar-refractivity contribution in [3.8, 4) is 11.5 Å². The summed E-state index contributed by atoms with van der Waals surface area (Å²) in [5.74, 6) is 1.79. The van der Waals surface area contributed by atoms with E-state index < -0.39 is 0 Å². The minimum absolute atomic E-state index is 0.0968. The number of aryl methyl sites for hydroxylation is 2. The van der Waals surface area contributed by atoms with E-state index in [1.807, 2.05) is 0 Å². The third-order valence-electron chi connectivity index (χ3n) is 4.83. The van der Waals surface area contributed by atoms with Gasteiger partial charge < -0.3 is 4.42 Å². The largest absolute Gasteiger partial charge is 0.441 e. The summed E-state index contributed by atoms with van der Waals surface area (Å²) in [5.41, 5.74) is 3.56. The molecule has 0 saturated heterocycles. The summed E-state index contributed by atoms with van der Waals surface area (Å²) in [6, 6.07) is 8.39. The van der Waals surface area contributed by atoms with E-state index in [0.717, 1.165) is 55.0 Å². The lowest BCUT2D eigenvalue weighted by molar-refractivity contribution is 0.350. The summed E-state index contributed by atoms with van der Waals surface area (Å²) >= 11 is 0. The van der Waals surface area contributed by atoms with E-state index in [2.05, 4.69) is 58.9 Å². The molecule has 0 fully saturated rings. The van der Waals surface area contributed by atoms with Gasteiger partial charge in [0.15, 0.2) is 0 Å². The second-order valence-corrected chi connectivity index (χ2v) is 6.10. The zero-order chi connectivity index (χ0) is 16.2. The molecule has 1 aromatic heterocycles. The molecule has 1 radical (unpaired) electrons. The van der Waals surface area contributed by atoms with Crippen LogP contribution in [0.25, 0.3) is 11.5 Å². The zero-order valence-corrected chi connectivity index (χ0v) is 14.4. The van der Waals surface area contributed by atoms with Crippen LogP contribution >= 0.6 is 0 Å². The highest BCUT2D eigenvalue weighted by molar-refractivity contribution is 5.54. The minimum Gasteiger partial charge on any atom is -0.441 e. The van der Waals surface area contributed by atoms with E-state index in [1.54, 1.807) is 0 Å². The Bertz CT molecular complexity index is 591. The Morgan fingerprint density at radius 1 is 1.09 bits per heavy atom. The molecule has 0 spiro atoms. The standard InChI is InChI=1S/C20H28NO/c1-6-14-20(8-3,9-4)18-17(7-2)22-19(21-18)16-12-10-15(5)11-13-16/h10-13H,1,6-9,14H2,2-5H3. The highest BCUT2D eigenvalue weighted by Gasteiger charge is 2.34. The summed E-state index contributed by atoms with van der Waals surface area (Å²) in [6.45, 7) is 12.8. The molecule has 0 N–H and O–H groups in total. The third-order valence-corrected chi connectivity index (χ3v) is 4.83. The molecule has 119 valence electrons. The summed E-state index contributed by atoms with van der Waals surface area (Å²) < 4.78 is 6.11. The maximum Gasteiger partial charge on any atom is 0.226 e. The van der Waals surface area contributed by atoms with E-state index in [4.69, 9.17) is 9.40 Å². The number of rotatable bonds is 7. The molecule has 1 aromatic carbocycles. The van der Waals surface area contributed by atoms with Crippen molar-refractivity contribution in [2.75, 3.05) is 0 Å². The fourth-order valence-electron chi connectivity index (χ4n) is 3.22. The van der Waals surface area contributed by atoms with Crippen LogP contribution in [0.5, 0.6) is 0 Å². The number of hydrogen-bond donors (Lipinski definition) is 0. The van der Waals surface area contributed by atoms with Crippen LogP contribution in [0.4, 0.5) is 0 Å². The van der Waals surface area contributed by atoms with Gasteiger partial charge >= 0.3 is 0 Å². The minimum atomic E-state index is 0.0968. The summed E-state index contributed by atoms with van der Waals surface area (Å²) in [5, 5.41) is 0. The van der Waals surface area contributed by atoms with Crippen LogP contribution in [0.2, 0.25) is 0 Å². The van der Waals surface area contributed by atoms with Gasteiger partial charge in [-0.1, -0.05) is 51.8 Å². The number of nitrogens with zero attached hydrogens (tertiary/aromatic N) is 1. The van der Waals surface area contributed by atoms with Crippen LogP contribution in [-0.4, -0.2) is 4.98 Å². The van der Waals surface area contributed by atoms with Crippen molar-refractivity contribution in [2.24, 2.45) is 0 Å². The molecule has 22 heavy (non-hydrogen) atoms. The van der Waals surface area contributed by atoms with Crippen molar-refractivity contribution >= 4 is 0 Å². The smallest absolute Gasteiger partial charge is 0.226 e.